The molecule has 2 aromatic rings. The van der Waals surface area contributed by atoms with Crippen LogP contribution in [0.2, 0.25) is 0 Å². The summed E-state index contributed by atoms with van der Waals surface area (Å²) in [5.41, 5.74) is 1.22. The number of carbonyl (C=O) groups excluding carboxylic acids is 1. The monoisotopic (exact) mass is 276 g/mol. The second-order valence-electron chi connectivity index (χ2n) is 4.45. The van der Waals surface area contributed by atoms with Gasteiger partial charge in [-0.3, -0.25) is 4.79 Å². The van der Waals surface area contributed by atoms with Crippen molar-refractivity contribution in [2.24, 2.45) is 0 Å². The van der Waals surface area contributed by atoms with Crippen LogP contribution in [0.4, 0.5) is 8.78 Å². The summed E-state index contributed by atoms with van der Waals surface area (Å²) in [6.07, 6.45) is 0.0312. The summed E-state index contributed by atoms with van der Waals surface area (Å²) in [6.45, 7) is 0. The van der Waals surface area contributed by atoms with E-state index < -0.39 is 23.5 Å². The van der Waals surface area contributed by atoms with Crippen LogP contribution >= 0.6 is 0 Å². The molecule has 0 aliphatic rings. The third-order valence-electron chi connectivity index (χ3n) is 3.09. The number of esters is 1. The zero-order valence-electron chi connectivity index (χ0n) is 11.0. The maximum absolute atomic E-state index is 13.4. The van der Waals surface area contributed by atoms with Crippen molar-refractivity contribution in [2.75, 3.05) is 7.11 Å². The van der Waals surface area contributed by atoms with Crippen LogP contribution in [0.5, 0.6) is 0 Å². The van der Waals surface area contributed by atoms with Crippen LogP contribution in [0.1, 0.15) is 23.5 Å². The largest absolute Gasteiger partial charge is 0.469 e. The lowest BCUT2D eigenvalue weighted by atomic mass is 9.88. The maximum Gasteiger partial charge on any atom is 0.306 e. The van der Waals surface area contributed by atoms with E-state index in [4.69, 9.17) is 0 Å². The Kier molecular flexibility index (Phi) is 4.45. The minimum absolute atomic E-state index is 0.0312. The number of ether oxygens (including phenoxy) is 1. The van der Waals surface area contributed by atoms with Crippen LogP contribution in [0.25, 0.3) is 0 Å². The van der Waals surface area contributed by atoms with E-state index in [0.717, 1.165) is 11.6 Å². The Morgan fingerprint density at radius 3 is 2.20 bits per heavy atom. The molecule has 0 radical (unpaired) electrons. The van der Waals surface area contributed by atoms with Gasteiger partial charge in [-0.25, -0.2) is 8.78 Å². The van der Waals surface area contributed by atoms with Crippen molar-refractivity contribution in [3.05, 3.63) is 71.3 Å². The molecule has 0 saturated heterocycles. The third kappa shape index (κ3) is 3.41. The molecule has 1 atom stereocenters. The van der Waals surface area contributed by atoms with Gasteiger partial charge in [0.25, 0.3) is 0 Å². The second-order valence-corrected chi connectivity index (χ2v) is 4.45. The molecule has 0 bridgehead atoms. The number of hydrogen-bond donors (Lipinski definition) is 0. The molecule has 0 heterocycles. The zero-order chi connectivity index (χ0) is 14.5. The van der Waals surface area contributed by atoms with Gasteiger partial charge in [0, 0.05) is 12.0 Å². The molecule has 2 nitrogen and oxygen atoms in total. The first-order chi connectivity index (χ1) is 9.60. The van der Waals surface area contributed by atoms with Gasteiger partial charge in [-0.05, 0) is 23.3 Å². The maximum atomic E-state index is 13.4. The number of hydrogen-bond acceptors (Lipinski definition) is 2. The highest BCUT2D eigenvalue weighted by molar-refractivity contribution is 5.71. The summed E-state index contributed by atoms with van der Waals surface area (Å²) in [6, 6.07) is 12.4. The van der Waals surface area contributed by atoms with Gasteiger partial charge in [0.2, 0.25) is 0 Å². The van der Waals surface area contributed by atoms with Crippen molar-refractivity contribution in [1.29, 1.82) is 0 Å². The van der Waals surface area contributed by atoms with Crippen LogP contribution in [0, 0.1) is 11.6 Å². The van der Waals surface area contributed by atoms with Crippen LogP contribution in [0.15, 0.2) is 48.5 Å². The molecule has 2 aromatic carbocycles. The molecule has 20 heavy (non-hydrogen) atoms. The van der Waals surface area contributed by atoms with Crippen molar-refractivity contribution in [3.63, 3.8) is 0 Å². The topological polar surface area (TPSA) is 26.3 Å². The minimum atomic E-state index is -0.661. The van der Waals surface area contributed by atoms with Gasteiger partial charge in [-0.1, -0.05) is 30.3 Å². The molecule has 2 rings (SSSR count). The quantitative estimate of drug-likeness (QED) is 0.797. The Bertz CT molecular complexity index is 576. The van der Waals surface area contributed by atoms with Crippen LogP contribution < -0.4 is 0 Å². The molecule has 0 aromatic heterocycles. The number of benzene rings is 2. The zero-order valence-corrected chi connectivity index (χ0v) is 11.0. The summed E-state index contributed by atoms with van der Waals surface area (Å²) in [5.74, 6) is -2.19. The lowest BCUT2D eigenvalue weighted by Crippen LogP contribution is -2.10. The van der Waals surface area contributed by atoms with Crippen molar-refractivity contribution in [2.45, 2.75) is 12.3 Å². The summed E-state index contributed by atoms with van der Waals surface area (Å²) in [7, 11) is 1.29. The van der Waals surface area contributed by atoms with E-state index in [1.165, 1.54) is 19.2 Å². The van der Waals surface area contributed by atoms with E-state index in [-0.39, 0.29) is 6.42 Å². The smallest absolute Gasteiger partial charge is 0.306 e. The standard InChI is InChI=1S/C16H14F2O2/c1-20-16(19)10-15(11-5-3-2-4-6-11)12-7-13(17)9-14(18)8-12/h2-9,15H,10H2,1H3. The molecule has 104 valence electrons. The Morgan fingerprint density at radius 1 is 1.05 bits per heavy atom. The van der Waals surface area contributed by atoms with Crippen molar-refractivity contribution in [1.82, 2.24) is 0 Å². The molecule has 4 heteroatoms. The highest BCUT2D eigenvalue weighted by Crippen LogP contribution is 2.29. The Morgan fingerprint density at radius 2 is 1.65 bits per heavy atom. The fraction of sp³-hybridized carbons (Fsp3) is 0.188. The Hall–Kier alpha value is -2.23. The lowest BCUT2D eigenvalue weighted by Gasteiger charge is -2.17. The van der Waals surface area contributed by atoms with E-state index in [9.17, 15) is 13.6 Å². The molecule has 0 N–H and O–H groups in total. The van der Waals surface area contributed by atoms with Gasteiger partial charge >= 0.3 is 5.97 Å². The first-order valence-corrected chi connectivity index (χ1v) is 6.18. The van der Waals surface area contributed by atoms with Gasteiger partial charge in [0.1, 0.15) is 11.6 Å². The van der Waals surface area contributed by atoms with Crippen LogP contribution in [-0.2, 0) is 9.53 Å². The summed E-state index contributed by atoms with van der Waals surface area (Å²) in [5, 5.41) is 0. The van der Waals surface area contributed by atoms with E-state index >= 15 is 0 Å². The fourth-order valence-electron chi connectivity index (χ4n) is 2.14. The minimum Gasteiger partial charge on any atom is -0.469 e. The first kappa shape index (κ1) is 14.2. The van der Waals surface area contributed by atoms with E-state index in [2.05, 4.69) is 4.74 Å². The molecular weight excluding hydrogens is 262 g/mol. The number of carbonyl (C=O) groups is 1. The molecule has 0 spiro atoms. The fourth-order valence-corrected chi connectivity index (χ4v) is 2.14. The molecule has 0 fully saturated rings. The van der Waals surface area contributed by atoms with Gasteiger partial charge in [-0.15, -0.1) is 0 Å². The first-order valence-electron chi connectivity index (χ1n) is 6.18. The molecule has 0 aliphatic heterocycles. The van der Waals surface area contributed by atoms with Crippen molar-refractivity contribution in [3.8, 4) is 0 Å². The number of halogens is 2. The predicted molar refractivity (Wildman–Crippen MR) is 71.3 cm³/mol. The second kappa shape index (κ2) is 6.28. The SMILES string of the molecule is COC(=O)CC(c1ccccc1)c1cc(F)cc(F)c1. The number of rotatable bonds is 4. The molecular formula is C16H14F2O2. The Labute approximate surface area is 116 Å². The van der Waals surface area contributed by atoms with E-state index in [1.807, 2.05) is 30.3 Å². The molecule has 1 unspecified atom stereocenters. The predicted octanol–water partition coefficient (Wildman–Crippen LogP) is 3.66. The van der Waals surface area contributed by atoms with Gasteiger partial charge in [0.05, 0.1) is 13.5 Å². The van der Waals surface area contributed by atoms with Crippen molar-refractivity contribution >= 4 is 5.97 Å². The average Bonchev–Trinajstić information content (AvgIpc) is 2.44. The van der Waals surface area contributed by atoms with Crippen LogP contribution in [0.3, 0.4) is 0 Å². The van der Waals surface area contributed by atoms with Gasteiger partial charge < -0.3 is 4.74 Å². The highest BCUT2D eigenvalue weighted by Gasteiger charge is 2.20. The van der Waals surface area contributed by atoms with E-state index in [0.29, 0.717) is 5.56 Å². The number of methoxy groups -OCH3 is 1. The highest BCUT2D eigenvalue weighted by atomic mass is 19.1. The molecule has 0 saturated carbocycles. The lowest BCUT2D eigenvalue weighted by molar-refractivity contribution is -0.140. The molecule has 0 amide bonds. The average molecular weight is 276 g/mol. The summed E-state index contributed by atoms with van der Waals surface area (Å²) >= 11 is 0. The van der Waals surface area contributed by atoms with Gasteiger partial charge in [-0.2, -0.15) is 0 Å². The van der Waals surface area contributed by atoms with Gasteiger partial charge in [0.15, 0.2) is 0 Å². The van der Waals surface area contributed by atoms with Crippen molar-refractivity contribution < 1.29 is 18.3 Å². The third-order valence-corrected chi connectivity index (χ3v) is 3.09. The molecule has 0 aliphatic carbocycles. The summed E-state index contributed by atoms with van der Waals surface area (Å²) in [4.78, 5) is 11.5. The Balaban J connectivity index is 2.43. The van der Waals surface area contributed by atoms with E-state index in [1.54, 1.807) is 0 Å². The summed E-state index contributed by atoms with van der Waals surface area (Å²) < 4.78 is 31.4. The normalized spacial score (nSPS) is 11.9. The van der Waals surface area contributed by atoms with Crippen LogP contribution in [-0.4, -0.2) is 13.1 Å².